The van der Waals surface area contributed by atoms with E-state index in [0.29, 0.717) is 18.9 Å². The molecule has 0 fully saturated rings. The molecule has 1 aromatic rings. The Labute approximate surface area is 126 Å². The van der Waals surface area contributed by atoms with E-state index in [1.54, 1.807) is 13.3 Å². The summed E-state index contributed by atoms with van der Waals surface area (Å²) in [6.07, 6.45) is 3.48. The zero-order chi connectivity index (χ0) is 15.5. The van der Waals surface area contributed by atoms with E-state index in [2.05, 4.69) is 29.2 Å². The second kappa shape index (κ2) is 10.3. The Morgan fingerprint density at radius 1 is 1.38 bits per heavy atom. The molecule has 0 unspecified atom stereocenters. The minimum absolute atomic E-state index is 0.0218. The molecule has 7 heteroatoms. The number of anilines is 1. The molecule has 0 spiro atoms. The Bertz CT molecular complexity index is 405. The number of ether oxygens (including phenoxy) is 2. The summed E-state index contributed by atoms with van der Waals surface area (Å²) in [4.78, 5) is 13.9. The quantitative estimate of drug-likeness (QED) is 0.613. The van der Waals surface area contributed by atoms with Gasteiger partial charge in [-0.3, -0.25) is 9.48 Å². The van der Waals surface area contributed by atoms with E-state index in [1.165, 1.54) is 0 Å². The average Bonchev–Trinajstić information content (AvgIpc) is 2.92. The molecule has 0 aromatic carbocycles. The van der Waals surface area contributed by atoms with Crippen molar-refractivity contribution in [1.29, 1.82) is 0 Å². The van der Waals surface area contributed by atoms with Gasteiger partial charge in [-0.25, -0.2) is 0 Å². The SMILES string of the molecule is CCN(CC)CCn1cc(NC(=O)COCCOC)cn1. The van der Waals surface area contributed by atoms with Crippen molar-refractivity contribution in [3.05, 3.63) is 12.4 Å². The van der Waals surface area contributed by atoms with Gasteiger partial charge in [0.15, 0.2) is 0 Å². The van der Waals surface area contributed by atoms with Gasteiger partial charge in [-0.2, -0.15) is 5.10 Å². The van der Waals surface area contributed by atoms with E-state index >= 15 is 0 Å². The van der Waals surface area contributed by atoms with Gasteiger partial charge in [0.1, 0.15) is 6.61 Å². The lowest BCUT2D eigenvalue weighted by Crippen LogP contribution is -2.27. The van der Waals surface area contributed by atoms with Crippen LogP contribution in [-0.4, -0.2) is 67.2 Å². The molecular formula is C14H26N4O3. The van der Waals surface area contributed by atoms with Gasteiger partial charge in [0.25, 0.3) is 0 Å². The first-order valence-corrected chi connectivity index (χ1v) is 7.30. The number of hydrogen-bond donors (Lipinski definition) is 1. The van der Waals surface area contributed by atoms with Crippen LogP contribution >= 0.6 is 0 Å². The van der Waals surface area contributed by atoms with Crippen LogP contribution in [0.25, 0.3) is 0 Å². The van der Waals surface area contributed by atoms with Gasteiger partial charge >= 0.3 is 0 Å². The Hall–Kier alpha value is -1.44. The second-order valence-electron chi connectivity index (χ2n) is 4.61. The highest BCUT2D eigenvalue weighted by atomic mass is 16.5. The van der Waals surface area contributed by atoms with Crippen LogP contribution in [-0.2, 0) is 20.8 Å². The molecule has 0 aliphatic heterocycles. The zero-order valence-corrected chi connectivity index (χ0v) is 13.2. The van der Waals surface area contributed by atoms with E-state index in [9.17, 15) is 4.79 Å². The lowest BCUT2D eigenvalue weighted by molar-refractivity contribution is -0.121. The summed E-state index contributed by atoms with van der Waals surface area (Å²) in [5, 5.41) is 6.99. The minimum Gasteiger partial charge on any atom is -0.382 e. The normalized spacial score (nSPS) is 11.0. The molecule has 0 atom stereocenters. The molecule has 120 valence electrons. The average molecular weight is 298 g/mol. The van der Waals surface area contributed by atoms with Gasteiger partial charge in [-0.1, -0.05) is 13.8 Å². The maximum Gasteiger partial charge on any atom is 0.250 e. The van der Waals surface area contributed by atoms with Crippen LogP contribution in [0, 0.1) is 0 Å². The van der Waals surface area contributed by atoms with Crippen LogP contribution in [0.1, 0.15) is 13.8 Å². The van der Waals surface area contributed by atoms with Gasteiger partial charge in [-0.15, -0.1) is 0 Å². The molecule has 1 amide bonds. The summed E-state index contributed by atoms with van der Waals surface area (Å²) in [6, 6.07) is 0. The zero-order valence-electron chi connectivity index (χ0n) is 13.2. The number of nitrogens with one attached hydrogen (secondary N) is 1. The van der Waals surface area contributed by atoms with Crippen LogP contribution in [0.3, 0.4) is 0 Å². The fourth-order valence-corrected chi connectivity index (χ4v) is 1.84. The first kappa shape index (κ1) is 17.6. The van der Waals surface area contributed by atoms with Crippen LogP contribution in [0.4, 0.5) is 5.69 Å². The number of carbonyl (C=O) groups is 1. The number of hydrogen-bond acceptors (Lipinski definition) is 5. The smallest absolute Gasteiger partial charge is 0.250 e. The third-order valence-electron chi connectivity index (χ3n) is 3.12. The lowest BCUT2D eigenvalue weighted by atomic mass is 10.4. The molecule has 0 saturated carbocycles. The number of methoxy groups -OCH3 is 1. The maximum absolute atomic E-state index is 11.6. The lowest BCUT2D eigenvalue weighted by Gasteiger charge is -2.17. The molecule has 1 N–H and O–H groups in total. The third-order valence-corrected chi connectivity index (χ3v) is 3.12. The van der Waals surface area contributed by atoms with Crippen molar-refractivity contribution in [2.75, 3.05) is 51.9 Å². The van der Waals surface area contributed by atoms with Crippen molar-refractivity contribution in [2.24, 2.45) is 0 Å². The number of aromatic nitrogens is 2. The summed E-state index contributed by atoms with van der Waals surface area (Å²) in [5.74, 6) is -0.186. The van der Waals surface area contributed by atoms with Gasteiger partial charge in [0, 0.05) is 19.9 Å². The predicted molar refractivity (Wildman–Crippen MR) is 81.3 cm³/mol. The van der Waals surface area contributed by atoms with E-state index in [1.807, 2.05) is 10.9 Å². The number of amides is 1. The largest absolute Gasteiger partial charge is 0.382 e. The Kier molecular flexibility index (Phi) is 8.65. The maximum atomic E-state index is 11.6. The summed E-state index contributed by atoms with van der Waals surface area (Å²) < 4.78 is 11.8. The summed E-state index contributed by atoms with van der Waals surface area (Å²) in [5.41, 5.74) is 0.690. The standard InChI is InChI=1S/C14H26N4O3/c1-4-17(5-2)6-7-18-11-13(10-15-18)16-14(19)12-21-9-8-20-3/h10-11H,4-9,12H2,1-3H3,(H,16,19). The number of rotatable bonds is 11. The Morgan fingerprint density at radius 3 is 2.81 bits per heavy atom. The monoisotopic (exact) mass is 298 g/mol. The summed E-state index contributed by atoms with van der Waals surface area (Å²) in [7, 11) is 1.59. The molecule has 1 heterocycles. The molecule has 7 nitrogen and oxygen atoms in total. The van der Waals surface area contributed by atoms with Crippen LogP contribution in [0.2, 0.25) is 0 Å². The first-order chi connectivity index (χ1) is 10.2. The highest BCUT2D eigenvalue weighted by Gasteiger charge is 2.05. The molecule has 21 heavy (non-hydrogen) atoms. The second-order valence-corrected chi connectivity index (χ2v) is 4.61. The van der Waals surface area contributed by atoms with E-state index in [4.69, 9.17) is 9.47 Å². The van der Waals surface area contributed by atoms with Crippen LogP contribution in [0.15, 0.2) is 12.4 Å². The molecule has 0 saturated heterocycles. The Balaban J connectivity index is 2.29. The minimum atomic E-state index is -0.186. The van der Waals surface area contributed by atoms with Crippen molar-refractivity contribution in [3.63, 3.8) is 0 Å². The van der Waals surface area contributed by atoms with Crippen molar-refractivity contribution >= 4 is 11.6 Å². The summed E-state index contributed by atoms with van der Waals surface area (Å²) >= 11 is 0. The van der Waals surface area contributed by atoms with Crippen molar-refractivity contribution < 1.29 is 14.3 Å². The van der Waals surface area contributed by atoms with Crippen LogP contribution < -0.4 is 5.32 Å². The van der Waals surface area contributed by atoms with E-state index in [0.717, 1.165) is 26.2 Å². The van der Waals surface area contributed by atoms with Crippen molar-refractivity contribution in [1.82, 2.24) is 14.7 Å². The van der Waals surface area contributed by atoms with Crippen molar-refractivity contribution in [3.8, 4) is 0 Å². The number of nitrogens with zero attached hydrogens (tertiary/aromatic N) is 3. The predicted octanol–water partition coefficient (Wildman–Crippen LogP) is 0.826. The third kappa shape index (κ3) is 7.22. The van der Waals surface area contributed by atoms with Gasteiger partial charge in [0.05, 0.1) is 31.6 Å². The molecule has 1 rings (SSSR count). The Morgan fingerprint density at radius 2 is 2.14 bits per heavy atom. The van der Waals surface area contributed by atoms with Crippen LogP contribution in [0.5, 0.6) is 0 Å². The fraction of sp³-hybridized carbons (Fsp3) is 0.714. The van der Waals surface area contributed by atoms with Crippen molar-refractivity contribution in [2.45, 2.75) is 20.4 Å². The molecule has 1 aromatic heterocycles. The highest BCUT2D eigenvalue weighted by Crippen LogP contribution is 2.05. The number of carbonyl (C=O) groups excluding carboxylic acids is 1. The van der Waals surface area contributed by atoms with Gasteiger partial charge in [-0.05, 0) is 13.1 Å². The highest BCUT2D eigenvalue weighted by molar-refractivity contribution is 5.91. The fourth-order valence-electron chi connectivity index (χ4n) is 1.84. The van der Waals surface area contributed by atoms with Gasteiger partial charge in [0.2, 0.25) is 5.91 Å². The van der Waals surface area contributed by atoms with E-state index in [-0.39, 0.29) is 12.5 Å². The van der Waals surface area contributed by atoms with Gasteiger partial charge < -0.3 is 19.7 Å². The topological polar surface area (TPSA) is 68.6 Å². The summed E-state index contributed by atoms with van der Waals surface area (Å²) in [6.45, 7) is 9.01. The van der Waals surface area contributed by atoms with E-state index < -0.39 is 0 Å². The molecular weight excluding hydrogens is 272 g/mol. The molecule has 0 bridgehead atoms. The molecule has 0 aliphatic carbocycles. The molecule has 0 aliphatic rings. The first-order valence-electron chi connectivity index (χ1n) is 7.30. The number of likely N-dealkylation sites (N-methyl/N-ethyl adjacent to an activating group) is 1. The molecule has 0 radical (unpaired) electrons.